The number of aromatic nitrogens is 2. The van der Waals surface area contributed by atoms with E-state index in [1.807, 2.05) is 56.3 Å². The molecule has 0 fully saturated rings. The van der Waals surface area contributed by atoms with Gasteiger partial charge in [-0.15, -0.1) is 0 Å². The van der Waals surface area contributed by atoms with Crippen LogP contribution in [0.15, 0.2) is 60.7 Å². The summed E-state index contributed by atoms with van der Waals surface area (Å²) in [4.78, 5) is 17.2. The van der Waals surface area contributed by atoms with Crippen molar-refractivity contribution in [1.82, 2.24) is 14.9 Å². The molecule has 1 amide bonds. The number of hydrogen-bond donors (Lipinski definition) is 1. The van der Waals surface area contributed by atoms with Crippen molar-refractivity contribution in [1.29, 1.82) is 0 Å². The standard InChI is InChI=1S/C29H31Cl2N3O2/c1-20-17-24(18-21(2)29(20)31)36-16-6-5-15-34-26-8-4-3-7-25(26)33-27(34)13-14-32-28(35)19-22-9-11-23(30)12-10-22/h3-4,7-12,17-18H,5-6,13-16,19H2,1-2H3,(H,32,35). The summed E-state index contributed by atoms with van der Waals surface area (Å²) >= 11 is 12.2. The van der Waals surface area contributed by atoms with E-state index in [1.54, 1.807) is 12.1 Å². The Morgan fingerprint density at radius 3 is 2.47 bits per heavy atom. The zero-order valence-corrected chi connectivity index (χ0v) is 22.2. The van der Waals surface area contributed by atoms with E-state index in [2.05, 4.69) is 16.0 Å². The third kappa shape index (κ3) is 6.80. The van der Waals surface area contributed by atoms with Crippen LogP contribution in [0.2, 0.25) is 10.0 Å². The lowest BCUT2D eigenvalue weighted by Crippen LogP contribution is -2.28. The van der Waals surface area contributed by atoms with Gasteiger partial charge in [-0.05, 0) is 79.8 Å². The van der Waals surface area contributed by atoms with E-state index in [9.17, 15) is 4.79 Å². The molecule has 0 aliphatic heterocycles. The predicted octanol–water partition coefficient (Wildman–Crippen LogP) is 6.72. The Morgan fingerprint density at radius 2 is 1.72 bits per heavy atom. The van der Waals surface area contributed by atoms with Crippen LogP contribution in [0.4, 0.5) is 0 Å². The number of unbranched alkanes of at least 4 members (excludes halogenated alkanes) is 1. The van der Waals surface area contributed by atoms with Gasteiger partial charge in [0.05, 0.1) is 24.1 Å². The first-order valence-corrected chi connectivity index (χ1v) is 13.0. The molecule has 0 saturated heterocycles. The van der Waals surface area contributed by atoms with E-state index < -0.39 is 0 Å². The summed E-state index contributed by atoms with van der Waals surface area (Å²) in [6.45, 7) is 6.01. The Kier molecular flexibility index (Phi) is 8.89. The van der Waals surface area contributed by atoms with Crippen molar-refractivity contribution >= 4 is 40.1 Å². The van der Waals surface area contributed by atoms with E-state index in [4.69, 9.17) is 32.9 Å². The van der Waals surface area contributed by atoms with Crippen LogP contribution < -0.4 is 10.1 Å². The van der Waals surface area contributed by atoms with Gasteiger partial charge in [0.25, 0.3) is 0 Å². The molecule has 5 nitrogen and oxygen atoms in total. The minimum atomic E-state index is -0.00944. The van der Waals surface area contributed by atoms with Crippen molar-refractivity contribution in [2.45, 2.75) is 46.1 Å². The third-order valence-corrected chi connectivity index (χ3v) is 6.99. The molecule has 36 heavy (non-hydrogen) atoms. The maximum absolute atomic E-state index is 12.4. The van der Waals surface area contributed by atoms with E-state index >= 15 is 0 Å². The van der Waals surface area contributed by atoms with Gasteiger partial charge < -0.3 is 14.6 Å². The van der Waals surface area contributed by atoms with Gasteiger partial charge in [0.15, 0.2) is 0 Å². The summed E-state index contributed by atoms with van der Waals surface area (Å²) in [5, 5.41) is 4.48. The Labute approximate surface area is 222 Å². The number of hydrogen-bond acceptors (Lipinski definition) is 3. The van der Waals surface area contributed by atoms with E-state index in [0.717, 1.165) is 63.7 Å². The molecule has 1 aromatic heterocycles. The normalized spacial score (nSPS) is 11.1. The molecule has 0 aliphatic rings. The highest BCUT2D eigenvalue weighted by Gasteiger charge is 2.11. The molecule has 0 bridgehead atoms. The summed E-state index contributed by atoms with van der Waals surface area (Å²) in [6.07, 6.45) is 2.88. The molecule has 0 spiro atoms. The van der Waals surface area contributed by atoms with Crippen molar-refractivity contribution in [2.75, 3.05) is 13.2 Å². The summed E-state index contributed by atoms with van der Waals surface area (Å²) in [5.41, 5.74) is 5.09. The van der Waals surface area contributed by atoms with Crippen LogP contribution in [0, 0.1) is 13.8 Å². The zero-order chi connectivity index (χ0) is 25.5. The van der Waals surface area contributed by atoms with Gasteiger partial charge in [0, 0.05) is 29.6 Å². The number of fused-ring (bicyclic) bond motifs is 1. The number of para-hydroxylation sites is 2. The van der Waals surface area contributed by atoms with Crippen LogP contribution in [0.5, 0.6) is 5.75 Å². The summed E-state index contributed by atoms with van der Waals surface area (Å²) in [6, 6.07) is 19.5. The van der Waals surface area contributed by atoms with Crippen molar-refractivity contribution in [2.24, 2.45) is 0 Å². The Morgan fingerprint density at radius 1 is 1.00 bits per heavy atom. The van der Waals surface area contributed by atoms with Gasteiger partial charge in [-0.25, -0.2) is 4.98 Å². The molecule has 1 N–H and O–H groups in total. The van der Waals surface area contributed by atoms with E-state index in [1.165, 1.54) is 0 Å². The predicted molar refractivity (Wildman–Crippen MR) is 147 cm³/mol. The lowest BCUT2D eigenvalue weighted by molar-refractivity contribution is -0.120. The topological polar surface area (TPSA) is 56.1 Å². The third-order valence-electron chi connectivity index (χ3n) is 6.14. The molecule has 4 rings (SSSR count). The van der Waals surface area contributed by atoms with Gasteiger partial charge in [-0.2, -0.15) is 0 Å². The average molecular weight is 524 g/mol. The van der Waals surface area contributed by atoms with Crippen molar-refractivity contribution < 1.29 is 9.53 Å². The second-order valence-corrected chi connectivity index (χ2v) is 9.81. The average Bonchev–Trinajstić information content (AvgIpc) is 3.21. The lowest BCUT2D eigenvalue weighted by atomic mass is 10.1. The molecule has 0 radical (unpaired) electrons. The van der Waals surface area contributed by atoms with E-state index in [-0.39, 0.29) is 5.91 Å². The number of carbonyl (C=O) groups excluding carboxylic acids is 1. The maximum atomic E-state index is 12.4. The van der Waals surface area contributed by atoms with Gasteiger partial charge in [0.1, 0.15) is 11.6 Å². The number of carbonyl (C=O) groups is 1. The lowest BCUT2D eigenvalue weighted by Gasteiger charge is -2.12. The van der Waals surface area contributed by atoms with E-state index in [0.29, 0.717) is 31.0 Å². The Hall–Kier alpha value is -3.02. The molecular weight excluding hydrogens is 493 g/mol. The molecule has 0 saturated carbocycles. The molecule has 0 atom stereocenters. The summed E-state index contributed by atoms with van der Waals surface area (Å²) < 4.78 is 8.23. The molecule has 3 aromatic carbocycles. The first-order chi connectivity index (χ1) is 17.4. The van der Waals surface area contributed by atoms with Crippen LogP contribution >= 0.6 is 23.2 Å². The van der Waals surface area contributed by atoms with Crippen molar-refractivity contribution in [3.8, 4) is 5.75 Å². The fourth-order valence-corrected chi connectivity index (χ4v) is 4.52. The van der Waals surface area contributed by atoms with Crippen LogP contribution in [0.25, 0.3) is 11.0 Å². The number of nitrogens with zero attached hydrogens (tertiary/aromatic N) is 2. The minimum absolute atomic E-state index is 0.00944. The second-order valence-electron chi connectivity index (χ2n) is 9.00. The number of amides is 1. The monoisotopic (exact) mass is 523 g/mol. The number of rotatable bonds is 11. The fourth-order valence-electron chi connectivity index (χ4n) is 4.28. The van der Waals surface area contributed by atoms with Crippen molar-refractivity contribution in [3.05, 3.63) is 93.2 Å². The number of benzene rings is 3. The van der Waals surface area contributed by atoms with Crippen molar-refractivity contribution in [3.63, 3.8) is 0 Å². The highest BCUT2D eigenvalue weighted by molar-refractivity contribution is 6.32. The van der Waals surface area contributed by atoms with Crippen LogP contribution in [-0.2, 0) is 24.2 Å². The van der Waals surface area contributed by atoms with Crippen LogP contribution in [-0.4, -0.2) is 28.6 Å². The first kappa shape index (κ1) is 26.1. The summed E-state index contributed by atoms with van der Waals surface area (Å²) in [5.74, 6) is 1.83. The van der Waals surface area contributed by atoms with Crippen LogP contribution in [0.1, 0.15) is 35.4 Å². The Balaban J connectivity index is 1.30. The molecule has 0 unspecified atom stereocenters. The van der Waals surface area contributed by atoms with Gasteiger partial charge in [0.2, 0.25) is 5.91 Å². The number of ether oxygens (including phenoxy) is 1. The van der Waals surface area contributed by atoms with Gasteiger partial charge >= 0.3 is 0 Å². The highest BCUT2D eigenvalue weighted by atomic mass is 35.5. The maximum Gasteiger partial charge on any atom is 0.224 e. The quantitative estimate of drug-likeness (QED) is 0.222. The number of aryl methyl sites for hydroxylation is 3. The number of imidazole rings is 1. The molecule has 188 valence electrons. The second kappa shape index (κ2) is 12.3. The Bertz CT molecular complexity index is 1310. The summed E-state index contributed by atoms with van der Waals surface area (Å²) in [7, 11) is 0. The molecule has 1 heterocycles. The van der Waals surface area contributed by atoms with Gasteiger partial charge in [-0.1, -0.05) is 47.5 Å². The molecule has 7 heteroatoms. The first-order valence-electron chi connectivity index (χ1n) is 12.3. The largest absolute Gasteiger partial charge is 0.494 e. The molecule has 4 aromatic rings. The fraction of sp³-hybridized carbons (Fsp3) is 0.310. The zero-order valence-electron chi connectivity index (χ0n) is 20.7. The minimum Gasteiger partial charge on any atom is -0.494 e. The highest BCUT2D eigenvalue weighted by Crippen LogP contribution is 2.26. The molecular formula is C29H31Cl2N3O2. The smallest absolute Gasteiger partial charge is 0.224 e. The number of halogens is 2. The number of nitrogens with one attached hydrogen (secondary N) is 1. The molecule has 0 aliphatic carbocycles. The van der Waals surface area contributed by atoms with Gasteiger partial charge in [-0.3, -0.25) is 4.79 Å². The van der Waals surface area contributed by atoms with Crippen LogP contribution in [0.3, 0.4) is 0 Å². The SMILES string of the molecule is Cc1cc(OCCCCn2c(CCNC(=O)Cc3ccc(Cl)cc3)nc3ccccc32)cc(C)c1Cl.